The van der Waals surface area contributed by atoms with Crippen LogP contribution in [0, 0.1) is 0 Å². The lowest BCUT2D eigenvalue weighted by molar-refractivity contribution is 0.104. The van der Waals surface area contributed by atoms with E-state index in [1.165, 1.54) is 26.6 Å². The zero-order valence-electron chi connectivity index (χ0n) is 17.4. The maximum Gasteiger partial charge on any atom is 0.205 e. The summed E-state index contributed by atoms with van der Waals surface area (Å²) in [5.41, 5.74) is 1.60. The molecule has 0 aliphatic rings. The summed E-state index contributed by atoms with van der Waals surface area (Å²) >= 11 is 5.93. The van der Waals surface area contributed by atoms with E-state index >= 15 is 0 Å². The average Bonchev–Trinajstić information content (AvgIpc) is 3.21. The lowest BCUT2D eigenvalue weighted by Crippen LogP contribution is -2.20. The van der Waals surface area contributed by atoms with Crippen molar-refractivity contribution in [2.75, 3.05) is 41.5 Å². The molecular formula is C23H24ClNO5. The molecule has 0 saturated carbocycles. The summed E-state index contributed by atoms with van der Waals surface area (Å²) in [6.07, 6.45) is 4.72. The number of methoxy groups -OCH3 is 2. The molecule has 0 aliphatic carbocycles. The Morgan fingerprint density at radius 2 is 1.77 bits per heavy atom. The fourth-order valence-corrected chi connectivity index (χ4v) is 3.16. The van der Waals surface area contributed by atoms with Crippen molar-refractivity contribution in [2.45, 2.75) is 0 Å². The summed E-state index contributed by atoms with van der Waals surface area (Å²) in [4.78, 5) is 15.2. The smallest absolute Gasteiger partial charge is 0.205 e. The Labute approximate surface area is 180 Å². The molecule has 7 heteroatoms. The normalized spacial score (nSPS) is 11.4. The minimum Gasteiger partial charge on any atom is -0.495 e. The molecule has 158 valence electrons. The van der Waals surface area contributed by atoms with Crippen LogP contribution in [-0.4, -0.2) is 52.1 Å². The molecule has 6 nitrogen and oxygen atoms in total. The molecule has 0 bridgehead atoms. The zero-order chi connectivity index (χ0) is 21.7. The van der Waals surface area contributed by atoms with E-state index in [9.17, 15) is 4.79 Å². The van der Waals surface area contributed by atoms with Gasteiger partial charge >= 0.3 is 0 Å². The maximum atomic E-state index is 13.2. The Hall–Kier alpha value is -2.96. The van der Waals surface area contributed by atoms with E-state index in [1.54, 1.807) is 24.3 Å². The van der Waals surface area contributed by atoms with Crippen LogP contribution in [-0.2, 0) is 0 Å². The van der Waals surface area contributed by atoms with Crippen molar-refractivity contribution in [2.24, 2.45) is 0 Å². The van der Waals surface area contributed by atoms with Gasteiger partial charge in [-0.25, -0.2) is 0 Å². The van der Waals surface area contributed by atoms with Crippen molar-refractivity contribution in [1.29, 1.82) is 0 Å². The number of carbonyl (C=O) groups excluding carboxylic acids is 1. The molecule has 0 amide bonds. The Balaban J connectivity index is 2.09. The summed E-state index contributed by atoms with van der Waals surface area (Å²) in [5, 5.41) is 1.27. The molecule has 0 atom stereocenters. The van der Waals surface area contributed by atoms with Crippen LogP contribution in [0.5, 0.6) is 17.2 Å². The summed E-state index contributed by atoms with van der Waals surface area (Å²) in [7, 11) is 6.91. The van der Waals surface area contributed by atoms with Crippen LogP contribution in [0.15, 0.2) is 47.1 Å². The average molecular weight is 430 g/mol. The van der Waals surface area contributed by atoms with Crippen LogP contribution < -0.4 is 14.2 Å². The number of nitrogens with zero attached hydrogens (tertiary/aromatic N) is 1. The minimum atomic E-state index is -0.275. The van der Waals surface area contributed by atoms with Gasteiger partial charge in [0.1, 0.15) is 17.9 Å². The van der Waals surface area contributed by atoms with Crippen LogP contribution in [0.2, 0.25) is 5.02 Å². The number of hydrogen-bond donors (Lipinski definition) is 0. The van der Waals surface area contributed by atoms with Crippen molar-refractivity contribution in [3.63, 3.8) is 0 Å². The number of rotatable bonds is 9. The van der Waals surface area contributed by atoms with Gasteiger partial charge in [-0.05, 0) is 43.9 Å². The molecule has 0 N–H and O–H groups in total. The second kappa shape index (κ2) is 9.69. The van der Waals surface area contributed by atoms with E-state index in [4.69, 9.17) is 30.2 Å². The number of ether oxygens (including phenoxy) is 3. The topological polar surface area (TPSA) is 61.1 Å². The molecule has 0 saturated heterocycles. The third-order valence-corrected chi connectivity index (χ3v) is 4.77. The summed E-state index contributed by atoms with van der Waals surface area (Å²) in [6, 6.07) is 8.93. The van der Waals surface area contributed by atoms with Crippen molar-refractivity contribution in [1.82, 2.24) is 4.90 Å². The second-order valence-electron chi connectivity index (χ2n) is 6.83. The van der Waals surface area contributed by atoms with E-state index in [-0.39, 0.29) is 11.3 Å². The Morgan fingerprint density at radius 1 is 1.07 bits per heavy atom. The van der Waals surface area contributed by atoms with Crippen molar-refractivity contribution in [3.05, 3.63) is 58.8 Å². The Kier molecular flexibility index (Phi) is 7.03. The number of benzene rings is 2. The quantitative estimate of drug-likeness (QED) is 0.354. The molecule has 1 aromatic heterocycles. The predicted molar refractivity (Wildman–Crippen MR) is 118 cm³/mol. The van der Waals surface area contributed by atoms with E-state index < -0.39 is 0 Å². The van der Waals surface area contributed by atoms with E-state index in [0.29, 0.717) is 46.4 Å². The molecule has 0 fully saturated rings. The highest BCUT2D eigenvalue weighted by atomic mass is 35.5. The molecule has 2 aromatic carbocycles. The van der Waals surface area contributed by atoms with Crippen molar-refractivity contribution >= 4 is 34.4 Å². The molecule has 0 radical (unpaired) electrons. The number of carbonyl (C=O) groups is 1. The van der Waals surface area contributed by atoms with Gasteiger partial charge in [-0.2, -0.15) is 0 Å². The van der Waals surface area contributed by atoms with Gasteiger partial charge in [0.25, 0.3) is 0 Å². The fourth-order valence-electron chi connectivity index (χ4n) is 3.04. The van der Waals surface area contributed by atoms with Gasteiger partial charge in [0.05, 0.1) is 25.9 Å². The first-order valence-corrected chi connectivity index (χ1v) is 9.74. The molecule has 3 aromatic rings. The van der Waals surface area contributed by atoms with E-state index in [1.807, 2.05) is 31.1 Å². The van der Waals surface area contributed by atoms with Crippen LogP contribution in [0.25, 0.3) is 17.0 Å². The first-order valence-electron chi connectivity index (χ1n) is 9.37. The van der Waals surface area contributed by atoms with Crippen LogP contribution >= 0.6 is 11.6 Å². The minimum absolute atomic E-state index is 0.275. The molecular weight excluding hydrogens is 406 g/mol. The molecule has 3 rings (SSSR count). The molecule has 0 aliphatic heterocycles. The maximum absolute atomic E-state index is 13.2. The summed E-state index contributed by atoms with van der Waals surface area (Å²) in [6.45, 7) is 1.02. The lowest BCUT2D eigenvalue weighted by Gasteiger charge is -2.18. The standard InChI is InChI=1S/C23H24ClNO5/c1-25(2)12-14-30-22-19(18(26)10-7-15-5-8-16(24)9-6-15)20(27-3)17-11-13-29-21(17)23(22)28-4/h5-11,13H,12,14H2,1-4H3/b10-7+. The van der Waals surface area contributed by atoms with E-state index in [0.717, 1.165) is 5.56 Å². The first kappa shape index (κ1) is 21.7. The number of fused-ring (bicyclic) bond motifs is 1. The molecule has 0 spiro atoms. The fraction of sp³-hybridized carbons (Fsp3) is 0.261. The highest BCUT2D eigenvalue weighted by molar-refractivity contribution is 6.30. The van der Waals surface area contributed by atoms with Crippen molar-refractivity contribution in [3.8, 4) is 17.2 Å². The zero-order valence-corrected chi connectivity index (χ0v) is 18.2. The van der Waals surface area contributed by atoms with Gasteiger partial charge < -0.3 is 23.5 Å². The van der Waals surface area contributed by atoms with Gasteiger partial charge in [-0.1, -0.05) is 29.8 Å². The first-order chi connectivity index (χ1) is 14.5. The number of halogens is 1. The van der Waals surface area contributed by atoms with Gasteiger partial charge in [0.15, 0.2) is 17.1 Å². The monoisotopic (exact) mass is 429 g/mol. The highest BCUT2D eigenvalue weighted by Crippen LogP contribution is 2.46. The largest absolute Gasteiger partial charge is 0.495 e. The third-order valence-electron chi connectivity index (χ3n) is 4.51. The van der Waals surface area contributed by atoms with Crippen LogP contribution in [0.4, 0.5) is 0 Å². The summed E-state index contributed by atoms with van der Waals surface area (Å²) in [5.74, 6) is 0.760. The molecule has 0 unspecified atom stereocenters. The van der Waals surface area contributed by atoms with Crippen LogP contribution in [0.3, 0.4) is 0 Å². The number of allylic oxidation sites excluding steroid dienone is 1. The van der Waals surface area contributed by atoms with E-state index in [2.05, 4.69) is 0 Å². The predicted octanol–water partition coefficient (Wildman–Crippen LogP) is 4.94. The molecule has 1 heterocycles. The van der Waals surface area contributed by atoms with Gasteiger partial charge in [0, 0.05) is 11.6 Å². The number of furan rings is 1. The van der Waals surface area contributed by atoms with Gasteiger partial charge in [0.2, 0.25) is 5.75 Å². The highest BCUT2D eigenvalue weighted by Gasteiger charge is 2.28. The number of ketones is 1. The SMILES string of the molecule is COc1c(C(=O)/C=C/c2ccc(Cl)cc2)c(OCCN(C)C)c(OC)c2occc12. The lowest BCUT2D eigenvalue weighted by atomic mass is 10.0. The van der Waals surface area contributed by atoms with Crippen LogP contribution in [0.1, 0.15) is 15.9 Å². The molecule has 30 heavy (non-hydrogen) atoms. The summed E-state index contributed by atoms with van der Waals surface area (Å²) < 4.78 is 22.7. The third kappa shape index (κ3) is 4.61. The number of likely N-dealkylation sites (N-methyl/N-ethyl adjacent to an activating group) is 1. The van der Waals surface area contributed by atoms with Gasteiger partial charge in [-0.15, -0.1) is 0 Å². The van der Waals surface area contributed by atoms with Gasteiger partial charge in [-0.3, -0.25) is 4.79 Å². The Bertz CT molecular complexity index is 1050. The van der Waals surface area contributed by atoms with Crippen molar-refractivity contribution < 1.29 is 23.4 Å². The Morgan fingerprint density at radius 3 is 2.40 bits per heavy atom. The number of hydrogen-bond acceptors (Lipinski definition) is 6. The second-order valence-corrected chi connectivity index (χ2v) is 7.27.